The molecule has 4 rings (SSSR count). The SMILES string of the molecule is COc1c([C@@H]2CCCN2C(=O)[C@@H]2C[C@H]2c2ccco2)c(C)nn1C. The Morgan fingerprint density at radius 1 is 1.46 bits per heavy atom. The Kier molecular flexibility index (Phi) is 3.62. The monoisotopic (exact) mass is 329 g/mol. The number of likely N-dealkylation sites (tertiary alicyclic amines) is 1. The topological polar surface area (TPSA) is 60.5 Å². The molecule has 0 aromatic carbocycles. The van der Waals surface area contributed by atoms with E-state index in [9.17, 15) is 4.79 Å². The first kappa shape index (κ1) is 15.3. The maximum Gasteiger partial charge on any atom is 0.226 e. The molecule has 0 bridgehead atoms. The van der Waals surface area contributed by atoms with Gasteiger partial charge in [0.05, 0.1) is 30.7 Å². The number of hydrogen-bond donors (Lipinski definition) is 0. The van der Waals surface area contributed by atoms with Gasteiger partial charge in [-0.2, -0.15) is 5.10 Å². The van der Waals surface area contributed by atoms with E-state index in [2.05, 4.69) is 5.10 Å². The molecule has 1 saturated heterocycles. The largest absolute Gasteiger partial charge is 0.481 e. The van der Waals surface area contributed by atoms with E-state index in [4.69, 9.17) is 9.15 Å². The average molecular weight is 329 g/mol. The van der Waals surface area contributed by atoms with E-state index in [1.165, 1.54) is 0 Å². The van der Waals surface area contributed by atoms with Gasteiger partial charge < -0.3 is 14.1 Å². The van der Waals surface area contributed by atoms with E-state index < -0.39 is 0 Å². The van der Waals surface area contributed by atoms with Crippen molar-refractivity contribution >= 4 is 5.91 Å². The fourth-order valence-electron chi connectivity index (χ4n) is 4.11. The molecule has 0 unspecified atom stereocenters. The third-order valence-electron chi connectivity index (χ3n) is 5.29. The van der Waals surface area contributed by atoms with Crippen molar-refractivity contribution in [2.24, 2.45) is 13.0 Å². The molecule has 6 nitrogen and oxygen atoms in total. The molecule has 1 aliphatic heterocycles. The lowest BCUT2D eigenvalue weighted by Crippen LogP contribution is -2.32. The van der Waals surface area contributed by atoms with Gasteiger partial charge in [-0.3, -0.25) is 4.79 Å². The van der Waals surface area contributed by atoms with Crippen molar-refractivity contribution in [2.45, 2.75) is 38.1 Å². The van der Waals surface area contributed by atoms with Crippen LogP contribution in [0.3, 0.4) is 0 Å². The van der Waals surface area contributed by atoms with E-state index in [1.54, 1.807) is 18.1 Å². The quantitative estimate of drug-likeness (QED) is 0.865. The molecule has 0 N–H and O–H groups in total. The van der Waals surface area contributed by atoms with Crippen molar-refractivity contribution in [3.05, 3.63) is 35.4 Å². The van der Waals surface area contributed by atoms with Crippen molar-refractivity contribution < 1.29 is 13.9 Å². The summed E-state index contributed by atoms with van der Waals surface area (Å²) < 4.78 is 12.8. The van der Waals surface area contributed by atoms with Crippen LogP contribution in [-0.4, -0.2) is 34.2 Å². The molecule has 6 heteroatoms. The summed E-state index contributed by atoms with van der Waals surface area (Å²) in [5.74, 6) is 2.23. The zero-order chi connectivity index (χ0) is 16.8. The molecule has 1 amide bonds. The molecule has 1 aliphatic carbocycles. The van der Waals surface area contributed by atoms with E-state index in [0.717, 1.165) is 48.7 Å². The number of furan rings is 1. The van der Waals surface area contributed by atoms with Crippen LogP contribution in [0.1, 0.15) is 48.2 Å². The van der Waals surface area contributed by atoms with Gasteiger partial charge in [-0.15, -0.1) is 0 Å². The van der Waals surface area contributed by atoms with Gasteiger partial charge in [0.15, 0.2) is 0 Å². The maximum absolute atomic E-state index is 13.0. The number of carbonyl (C=O) groups is 1. The third-order valence-corrected chi connectivity index (χ3v) is 5.29. The highest BCUT2D eigenvalue weighted by atomic mass is 16.5. The first-order valence-electron chi connectivity index (χ1n) is 8.53. The number of nitrogens with zero attached hydrogens (tertiary/aromatic N) is 3. The van der Waals surface area contributed by atoms with Gasteiger partial charge >= 0.3 is 0 Å². The summed E-state index contributed by atoms with van der Waals surface area (Å²) >= 11 is 0. The Bertz CT molecular complexity index is 750. The molecular weight excluding hydrogens is 306 g/mol. The van der Waals surface area contributed by atoms with Gasteiger partial charge in [0.1, 0.15) is 5.76 Å². The van der Waals surface area contributed by atoms with Crippen LogP contribution in [0.2, 0.25) is 0 Å². The van der Waals surface area contributed by atoms with Gasteiger partial charge in [0, 0.05) is 25.4 Å². The van der Waals surface area contributed by atoms with Gasteiger partial charge in [-0.25, -0.2) is 4.68 Å². The molecule has 128 valence electrons. The van der Waals surface area contributed by atoms with Gasteiger partial charge in [0.25, 0.3) is 0 Å². The zero-order valence-electron chi connectivity index (χ0n) is 14.4. The van der Waals surface area contributed by atoms with Crippen molar-refractivity contribution in [1.82, 2.24) is 14.7 Å². The fourth-order valence-corrected chi connectivity index (χ4v) is 4.11. The van der Waals surface area contributed by atoms with E-state index in [0.29, 0.717) is 0 Å². The second kappa shape index (κ2) is 5.69. The second-order valence-electron chi connectivity index (χ2n) is 6.79. The summed E-state index contributed by atoms with van der Waals surface area (Å²) in [6.07, 6.45) is 4.55. The Morgan fingerprint density at radius 2 is 2.29 bits per heavy atom. The second-order valence-corrected chi connectivity index (χ2v) is 6.79. The highest BCUT2D eigenvalue weighted by molar-refractivity contribution is 5.83. The van der Waals surface area contributed by atoms with Crippen molar-refractivity contribution in [3.8, 4) is 5.88 Å². The molecular formula is C18H23N3O3. The highest BCUT2D eigenvalue weighted by Crippen LogP contribution is 2.50. The first-order chi connectivity index (χ1) is 11.6. The summed E-state index contributed by atoms with van der Waals surface area (Å²) in [6.45, 7) is 2.80. The number of carbonyl (C=O) groups excluding carboxylic acids is 1. The number of methoxy groups -OCH3 is 1. The van der Waals surface area contributed by atoms with Crippen LogP contribution in [0.25, 0.3) is 0 Å². The van der Waals surface area contributed by atoms with Crippen molar-refractivity contribution in [3.63, 3.8) is 0 Å². The van der Waals surface area contributed by atoms with Crippen LogP contribution < -0.4 is 4.74 Å². The van der Waals surface area contributed by atoms with Crippen molar-refractivity contribution in [1.29, 1.82) is 0 Å². The summed E-state index contributed by atoms with van der Waals surface area (Å²) in [5.41, 5.74) is 2.00. The smallest absolute Gasteiger partial charge is 0.226 e. The molecule has 0 radical (unpaired) electrons. The van der Waals surface area contributed by atoms with Gasteiger partial charge in [-0.1, -0.05) is 0 Å². The lowest BCUT2D eigenvalue weighted by atomic mass is 10.0. The molecule has 0 spiro atoms. The lowest BCUT2D eigenvalue weighted by Gasteiger charge is -2.25. The number of aryl methyl sites for hydroxylation is 2. The van der Waals surface area contributed by atoms with E-state index in [-0.39, 0.29) is 23.8 Å². The van der Waals surface area contributed by atoms with Crippen LogP contribution in [-0.2, 0) is 11.8 Å². The summed E-state index contributed by atoms with van der Waals surface area (Å²) in [4.78, 5) is 15.1. The molecule has 24 heavy (non-hydrogen) atoms. The lowest BCUT2D eigenvalue weighted by molar-refractivity contribution is -0.133. The molecule has 2 aliphatic rings. The number of aromatic nitrogens is 2. The third kappa shape index (κ3) is 2.32. The number of rotatable bonds is 4. The summed E-state index contributed by atoms with van der Waals surface area (Å²) in [5, 5.41) is 4.47. The Labute approximate surface area is 141 Å². The molecule has 2 aromatic rings. The van der Waals surface area contributed by atoms with Crippen LogP contribution >= 0.6 is 0 Å². The maximum atomic E-state index is 13.0. The zero-order valence-corrected chi connectivity index (χ0v) is 14.4. The number of hydrogen-bond acceptors (Lipinski definition) is 4. The normalized spacial score (nSPS) is 26.0. The first-order valence-corrected chi connectivity index (χ1v) is 8.53. The molecule has 2 fully saturated rings. The average Bonchev–Trinajstić information content (AvgIpc) is 2.95. The minimum atomic E-state index is 0.0553. The van der Waals surface area contributed by atoms with E-state index >= 15 is 0 Å². The molecule has 2 aromatic heterocycles. The van der Waals surface area contributed by atoms with Gasteiger partial charge in [0.2, 0.25) is 11.8 Å². The Morgan fingerprint density at radius 3 is 3.00 bits per heavy atom. The van der Waals surface area contributed by atoms with E-state index in [1.807, 2.05) is 31.0 Å². The molecule has 1 saturated carbocycles. The standard InChI is InChI=1S/C18H23N3O3/c1-11-16(18(23-3)20(2)19-11)14-6-4-8-21(14)17(22)13-10-12(13)15-7-5-9-24-15/h5,7,9,12-14H,4,6,8,10H2,1-3H3/t12-,13-,14+/m1/s1. The van der Waals surface area contributed by atoms with Crippen molar-refractivity contribution in [2.75, 3.05) is 13.7 Å². The van der Waals surface area contributed by atoms with Crippen LogP contribution in [0.5, 0.6) is 5.88 Å². The van der Waals surface area contributed by atoms with Crippen LogP contribution in [0.4, 0.5) is 0 Å². The minimum Gasteiger partial charge on any atom is -0.481 e. The predicted octanol–water partition coefficient (Wildman–Crippen LogP) is 2.80. The van der Waals surface area contributed by atoms with Crippen LogP contribution in [0, 0.1) is 12.8 Å². The summed E-state index contributed by atoms with van der Waals surface area (Å²) in [7, 11) is 3.54. The fraction of sp³-hybridized carbons (Fsp3) is 0.556. The molecule has 3 heterocycles. The van der Waals surface area contributed by atoms with Crippen LogP contribution in [0.15, 0.2) is 22.8 Å². The van der Waals surface area contributed by atoms with Gasteiger partial charge in [-0.05, 0) is 38.3 Å². The Hall–Kier alpha value is -2.24. The summed E-state index contributed by atoms with van der Waals surface area (Å²) in [6, 6.07) is 3.92. The number of ether oxygens (including phenoxy) is 1. The molecule has 3 atom stereocenters. The predicted molar refractivity (Wildman–Crippen MR) is 87.7 cm³/mol. The highest BCUT2D eigenvalue weighted by Gasteiger charge is 2.49. The Balaban J connectivity index is 1.57. The minimum absolute atomic E-state index is 0.0553. The number of amides is 1.